The number of halogens is 4. The van der Waals surface area contributed by atoms with Crippen molar-refractivity contribution in [2.24, 2.45) is 0 Å². The topological polar surface area (TPSA) is 17.8 Å². The molecular weight excluding hydrogens is 429 g/mol. The quantitative estimate of drug-likeness (QED) is 0.373. The Morgan fingerprint density at radius 3 is 2.60 bits per heavy atom. The minimum Gasteiger partial charge on any atom is -0.294 e. The molecule has 6 heteroatoms. The van der Waals surface area contributed by atoms with E-state index in [-0.39, 0.29) is 0 Å². The first-order valence-corrected chi connectivity index (χ1v) is 8.15. The Morgan fingerprint density at radius 1 is 1.10 bits per heavy atom. The molecule has 2 aromatic carbocycles. The van der Waals surface area contributed by atoms with Crippen molar-refractivity contribution in [3.63, 3.8) is 0 Å². The van der Waals surface area contributed by atoms with E-state index < -0.39 is 0 Å². The normalized spacial score (nSPS) is 11.2. The van der Waals surface area contributed by atoms with Crippen molar-refractivity contribution in [2.75, 3.05) is 0 Å². The highest BCUT2D eigenvalue weighted by molar-refractivity contribution is 14.1. The molecule has 0 aliphatic carbocycles. The number of hydrogen-bond acceptors (Lipinski definition) is 1. The number of alkyl halides is 1. The predicted octanol–water partition coefficient (Wildman–Crippen LogP) is 5.68. The van der Waals surface area contributed by atoms with Crippen LogP contribution in [-0.2, 0) is 5.88 Å². The second-order valence-corrected chi connectivity index (χ2v) is 6.58. The van der Waals surface area contributed by atoms with Gasteiger partial charge in [0.25, 0.3) is 0 Å². The highest BCUT2D eigenvalue weighted by Gasteiger charge is 2.14. The van der Waals surface area contributed by atoms with Gasteiger partial charge in [-0.25, -0.2) is 4.98 Å². The van der Waals surface area contributed by atoms with Gasteiger partial charge in [-0.1, -0.05) is 23.2 Å². The molecular formula is C14H8Cl3IN2. The molecule has 0 N–H and O–H groups in total. The number of imidazole rings is 1. The lowest BCUT2D eigenvalue weighted by Gasteiger charge is -2.10. The maximum absolute atomic E-state index is 6.30. The molecule has 0 fully saturated rings. The maximum Gasteiger partial charge on any atom is 0.129 e. The molecule has 0 saturated carbocycles. The van der Waals surface area contributed by atoms with Gasteiger partial charge in [-0.3, -0.25) is 4.57 Å². The van der Waals surface area contributed by atoms with E-state index >= 15 is 0 Å². The molecule has 0 aliphatic heterocycles. The Balaban J connectivity index is 2.34. The first kappa shape index (κ1) is 14.4. The predicted molar refractivity (Wildman–Crippen MR) is 93.4 cm³/mol. The smallest absolute Gasteiger partial charge is 0.129 e. The Kier molecular flexibility index (Phi) is 4.13. The monoisotopic (exact) mass is 436 g/mol. The van der Waals surface area contributed by atoms with E-state index in [9.17, 15) is 0 Å². The van der Waals surface area contributed by atoms with Crippen molar-refractivity contribution in [3.8, 4) is 5.69 Å². The third-order valence-electron chi connectivity index (χ3n) is 2.96. The van der Waals surface area contributed by atoms with Crippen LogP contribution in [0.5, 0.6) is 0 Å². The Morgan fingerprint density at radius 2 is 1.90 bits per heavy atom. The second-order valence-electron chi connectivity index (χ2n) is 4.23. The zero-order chi connectivity index (χ0) is 14.3. The van der Waals surface area contributed by atoms with Gasteiger partial charge in [0.05, 0.1) is 27.6 Å². The number of hydrogen-bond donors (Lipinski definition) is 0. The molecule has 0 amide bonds. The molecule has 3 aromatic rings. The van der Waals surface area contributed by atoms with Gasteiger partial charge < -0.3 is 0 Å². The van der Waals surface area contributed by atoms with Crippen LogP contribution < -0.4 is 0 Å². The van der Waals surface area contributed by atoms with Crippen molar-refractivity contribution < 1.29 is 0 Å². The van der Waals surface area contributed by atoms with E-state index in [2.05, 4.69) is 27.6 Å². The summed E-state index contributed by atoms with van der Waals surface area (Å²) >= 11 is 20.5. The fourth-order valence-electron chi connectivity index (χ4n) is 2.12. The molecule has 0 atom stereocenters. The van der Waals surface area contributed by atoms with E-state index in [0.29, 0.717) is 15.9 Å². The number of aromatic nitrogens is 2. The summed E-state index contributed by atoms with van der Waals surface area (Å²) in [5.41, 5.74) is 2.71. The lowest BCUT2D eigenvalue weighted by molar-refractivity contribution is 0.982. The van der Waals surface area contributed by atoms with Crippen molar-refractivity contribution in [1.82, 2.24) is 9.55 Å². The molecule has 2 nitrogen and oxygen atoms in total. The molecule has 20 heavy (non-hydrogen) atoms. The number of fused-ring (bicyclic) bond motifs is 1. The van der Waals surface area contributed by atoms with E-state index in [1.54, 1.807) is 12.1 Å². The Labute approximate surface area is 144 Å². The average Bonchev–Trinajstić information content (AvgIpc) is 2.76. The Hall–Kier alpha value is -0.490. The van der Waals surface area contributed by atoms with Crippen molar-refractivity contribution in [1.29, 1.82) is 0 Å². The molecule has 1 aromatic heterocycles. The first-order chi connectivity index (χ1) is 9.60. The molecule has 0 aliphatic rings. The van der Waals surface area contributed by atoms with Gasteiger partial charge >= 0.3 is 0 Å². The van der Waals surface area contributed by atoms with Crippen LogP contribution in [0, 0.1) is 3.57 Å². The fraction of sp³-hybridized carbons (Fsp3) is 0.0714. The van der Waals surface area contributed by atoms with Crippen LogP contribution in [-0.4, -0.2) is 9.55 Å². The minimum absolute atomic E-state index is 0.310. The van der Waals surface area contributed by atoms with E-state index in [0.717, 1.165) is 26.1 Å². The first-order valence-electron chi connectivity index (χ1n) is 5.78. The van der Waals surface area contributed by atoms with Crippen LogP contribution in [0.4, 0.5) is 0 Å². The number of benzene rings is 2. The molecule has 3 rings (SSSR count). The number of nitrogens with zero attached hydrogens (tertiary/aromatic N) is 2. The second kappa shape index (κ2) is 5.72. The van der Waals surface area contributed by atoms with Gasteiger partial charge in [-0.15, -0.1) is 11.6 Å². The fourth-order valence-corrected chi connectivity index (χ4v) is 3.27. The van der Waals surface area contributed by atoms with Crippen molar-refractivity contribution >= 4 is 68.4 Å². The van der Waals surface area contributed by atoms with Crippen molar-refractivity contribution in [3.05, 3.63) is 55.8 Å². The molecule has 1 heterocycles. The van der Waals surface area contributed by atoms with Crippen LogP contribution in [0.3, 0.4) is 0 Å². The van der Waals surface area contributed by atoms with Crippen LogP contribution in [0.25, 0.3) is 16.7 Å². The van der Waals surface area contributed by atoms with Gasteiger partial charge in [0.1, 0.15) is 5.82 Å². The summed E-state index contributed by atoms with van der Waals surface area (Å²) < 4.78 is 3.10. The van der Waals surface area contributed by atoms with Crippen LogP contribution in [0.15, 0.2) is 36.4 Å². The molecule has 0 saturated heterocycles. The third-order valence-corrected chi connectivity index (χ3v) is 4.40. The summed E-state index contributed by atoms with van der Waals surface area (Å²) in [6.07, 6.45) is 0. The van der Waals surface area contributed by atoms with Gasteiger partial charge in [0.2, 0.25) is 0 Å². The largest absolute Gasteiger partial charge is 0.294 e. The summed E-state index contributed by atoms with van der Waals surface area (Å²) in [5, 5.41) is 1.17. The maximum atomic E-state index is 6.30. The van der Waals surface area contributed by atoms with Crippen LogP contribution in [0.1, 0.15) is 5.82 Å². The Bertz CT molecular complexity index is 798. The SMILES string of the molecule is ClCc1nc2cc(I)ccc2n1-c1ccc(Cl)cc1Cl. The summed E-state index contributed by atoms with van der Waals surface area (Å²) in [6, 6.07) is 11.5. The van der Waals surface area contributed by atoms with Gasteiger partial charge in [-0.05, 0) is 59.0 Å². The number of rotatable bonds is 2. The van der Waals surface area contributed by atoms with Crippen LogP contribution in [0.2, 0.25) is 10.0 Å². The van der Waals surface area contributed by atoms with Crippen molar-refractivity contribution in [2.45, 2.75) is 5.88 Å². The highest BCUT2D eigenvalue weighted by Crippen LogP contribution is 2.30. The van der Waals surface area contributed by atoms with E-state index in [4.69, 9.17) is 34.8 Å². The van der Waals surface area contributed by atoms with Gasteiger partial charge in [-0.2, -0.15) is 0 Å². The molecule has 0 radical (unpaired) electrons. The minimum atomic E-state index is 0.310. The summed E-state index contributed by atoms with van der Waals surface area (Å²) in [5.74, 6) is 1.07. The molecule has 0 spiro atoms. The zero-order valence-corrected chi connectivity index (χ0v) is 14.5. The molecule has 0 unspecified atom stereocenters. The lowest BCUT2D eigenvalue weighted by atomic mass is 10.2. The summed E-state index contributed by atoms with van der Waals surface area (Å²) in [6.45, 7) is 0. The van der Waals surface area contributed by atoms with Gasteiger partial charge in [0, 0.05) is 8.59 Å². The highest BCUT2D eigenvalue weighted by atomic mass is 127. The standard InChI is InChI=1S/C14H8Cl3IN2/c15-7-14-19-11-6-9(18)2-4-13(11)20(14)12-3-1-8(16)5-10(12)17/h1-6H,7H2. The summed E-state index contributed by atoms with van der Waals surface area (Å²) in [4.78, 5) is 4.57. The third kappa shape index (κ3) is 2.52. The van der Waals surface area contributed by atoms with E-state index in [1.807, 2.05) is 28.8 Å². The summed E-state index contributed by atoms with van der Waals surface area (Å²) in [7, 11) is 0. The van der Waals surface area contributed by atoms with Crippen LogP contribution >= 0.6 is 57.4 Å². The zero-order valence-electron chi connectivity index (χ0n) is 10.1. The van der Waals surface area contributed by atoms with E-state index in [1.165, 1.54) is 0 Å². The molecule has 0 bridgehead atoms. The molecule has 102 valence electrons. The average molecular weight is 437 g/mol. The van der Waals surface area contributed by atoms with Gasteiger partial charge in [0.15, 0.2) is 0 Å². The lowest BCUT2D eigenvalue weighted by Crippen LogP contribution is -2.00.